The van der Waals surface area contributed by atoms with Crippen LogP contribution in [0.5, 0.6) is 5.75 Å². The quantitative estimate of drug-likeness (QED) is 0.475. The topological polar surface area (TPSA) is 72.8 Å². The predicted octanol–water partition coefficient (Wildman–Crippen LogP) is 1.28. The minimum absolute atomic E-state index is 0.0815. The molecule has 0 spiro atoms. The van der Waals surface area contributed by atoms with Gasteiger partial charge in [0.05, 0.1) is 13.2 Å². The average molecular weight is 238 g/mol. The van der Waals surface area contributed by atoms with Crippen LogP contribution in [0.3, 0.4) is 0 Å². The van der Waals surface area contributed by atoms with Gasteiger partial charge in [-0.25, -0.2) is 4.79 Å². The fourth-order valence-corrected chi connectivity index (χ4v) is 1.30. The van der Waals surface area contributed by atoms with Gasteiger partial charge in [-0.2, -0.15) is 0 Å². The number of ketones is 1. The SMILES string of the molecule is CCOC(=O)C(=O)c1ccc(COC)c(O)c1. The number of carbonyl (C=O) groups excluding carboxylic acids is 2. The van der Waals surface area contributed by atoms with Crippen molar-refractivity contribution in [3.05, 3.63) is 29.3 Å². The van der Waals surface area contributed by atoms with E-state index in [2.05, 4.69) is 4.74 Å². The van der Waals surface area contributed by atoms with Crippen molar-refractivity contribution in [2.75, 3.05) is 13.7 Å². The van der Waals surface area contributed by atoms with Gasteiger partial charge in [0, 0.05) is 18.2 Å². The van der Waals surface area contributed by atoms with Crippen molar-refractivity contribution in [1.82, 2.24) is 0 Å². The molecule has 0 atom stereocenters. The molecule has 5 nitrogen and oxygen atoms in total. The first-order chi connectivity index (χ1) is 8.10. The summed E-state index contributed by atoms with van der Waals surface area (Å²) < 4.78 is 9.44. The maximum absolute atomic E-state index is 11.5. The van der Waals surface area contributed by atoms with Crippen LogP contribution in [0, 0.1) is 0 Å². The largest absolute Gasteiger partial charge is 0.508 e. The second kappa shape index (κ2) is 6.00. The van der Waals surface area contributed by atoms with Gasteiger partial charge in [-0.1, -0.05) is 12.1 Å². The first-order valence-electron chi connectivity index (χ1n) is 5.12. The lowest BCUT2D eigenvalue weighted by atomic mass is 10.1. The molecule has 0 saturated heterocycles. The van der Waals surface area contributed by atoms with Crippen LogP contribution in [0.25, 0.3) is 0 Å². The number of hydrogen-bond donors (Lipinski definition) is 1. The summed E-state index contributed by atoms with van der Waals surface area (Å²) in [6.07, 6.45) is 0. The number of benzene rings is 1. The number of rotatable bonds is 5. The van der Waals surface area contributed by atoms with E-state index in [4.69, 9.17) is 4.74 Å². The Balaban J connectivity index is 2.89. The second-order valence-electron chi connectivity index (χ2n) is 3.33. The molecule has 0 aliphatic heterocycles. The molecule has 0 bridgehead atoms. The minimum Gasteiger partial charge on any atom is -0.508 e. The van der Waals surface area contributed by atoms with Crippen LogP contribution >= 0.6 is 0 Å². The summed E-state index contributed by atoms with van der Waals surface area (Å²) in [4.78, 5) is 22.7. The van der Waals surface area contributed by atoms with Gasteiger partial charge in [-0.3, -0.25) is 4.79 Å². The Kier molecular flexibility index (Phi) is 4.66. The molecule has 92 valence electrons. The predicted molar refractivity (Wildman–Crippen MR) is 59.8 cm³/mol. The first-order valence-corrected chi connectivity index (χ1v) is 5.12. The standard InChI is InChI=1S/C12H14O5/c1-3-17-12(15)11(14)8-4-5-9(7-16-2)10(13)6-8/h4-6,13H,3,7H2,1-2H3. The normalized spacial score (nSPS) is 10.0. The van der Waals surface area contributed by atoms with Crippen LogP contribution in [0.4, 0.5) is 0 Å². The van der Waals surface area contributed by atoms with Crippen molar-refractivity contribution >= 4 is 11.8 Å². The van der Waals surface area contributed by atoms with Crippen LogP contribution < -0.4 is 0 Å². The van der Waals surface area contributed by atoms with Crippen LogP contribution in [0.15, 0.2) is 18.2 Å². The van der Waals surface area contributed by atoms with Crippen LogP contribution in [-0.4, -0.2) is 30.6 Å². The van der Waals surface area contributed by atoms with E-state index in [9.17, 15) is 14.7 Å². The molecule has 1 aromatic rings. The Hall–Kier alpha value is -1.88. The van der Waals surface area contributed by atoms with Crippen molar-refractivity contribution in [1.29, 1.82) is 0 Å². The maximum atomic E-state index is 11.5. The van der Waals surface area contributed by atoms with Gasteiger partial charge in [-0.15, -0.1) is 0 Å². The number of ether oxygens (including phenoxy) is 2. The Bertz CT molecular complexity index is 425. The van der Waals surface area contributed by atoms with Crippen molar-refractivity contribution in [2.24, 2.45) is 0 Å². The highest BCUT2D eigenvalue weighted by atomic mass is 16.5. The number of phenolic OH excluding ortho intramolecular Hbond substituents is 1. The lowest BCUT2D eigenvalue weighted by Crippen LogP contribution is -2.17. The van der Waals surface area contributed by atoms with Gasteiger partial charge in [0.2, 0.25) is 0 Å². The van der Waals surface area contributed by atoms with E-state index in [-0.39, 0.29) is 24.5 Å². The summed E-state index contributed by atoms with van der Waals surface area (Å²) in [6, 6.07) is 4.21. The van der Waals surface area contributed by atoms with Gasteiger partial charge in [0.15, 0.2) is 0 Å². The molecule has 0 aliphatic rings. The molecular formula is C12H14O5. The summed E-state index contributed by atoms with van der Waals surface area (Å²) in [6.45, 7) is 1.99. The van der Waals surface area contributed by atoms with E-state index in [1.165, 1.54) is 25.3 Å². The molecule has 0 unspecified atom stereocenters. The zero-order valence-electron chi connectivity index (χ0n) is 9.73. The summed E-state index contributed by atoms with van der Waals surface area (Å²) in [5, 5.41) is 9.60. The Labute approximate surface area is 99.0 Å². The molecule has 1 N–H and O–H groups in total. The highest BCUT2D eigenvalue weighted by Crippen LogP contribution is 2.20. The number of phenols is 1. The third-order valence-electron chi connectivity index (χ3n) is 2.11. The van der Waals surface area contributed by atoms with Gasteiger partial charge < -0.3 is 14.6 Å². The number of methoxy groups -OCH3 is 1. The molecule has 1 rings (SSSR count). The van der Waals surface area contributed by atoms with Gasteiger partial charge in [0.25, 0.3) is 5.78 Å². The Morgan fingerprint density at radius 2 is 2.06 bits per heavy atom. The van der Waals surface area contributed by atoms with E-state index in [0.717, 1.165) is 0 Å². The molecule has 0 aromatic heterocycles. The summed E-state index contributed by atoms with van der Waals surface area (Å²) in [5.74, 6) is -1.78. The Morgan fingerprint density at radius 3 is 2.59 bits per heavy atom. The van der Waals surface area contributed by atoms with Crippen molar-refractivity contribution in [3.63, 3.8) is 0 Å². The average Bonchev–Trinajstić information content (AvgIpc) is 2.31. The highest BCUT2D eigenvalue weighted by molar-refractivity contribution is 6.40. The Morgan fingerprint density at radius 1 is 1.35 bits per heavy atom. The molecule has 17 heavy (non-hydrogen) atoms. The van der Waals surface area contributed by atoms with E-state index in [1.807, 2.05) is 0 Å². The lowest BCUT2D eigenvalue weighted by molar-refractivity contribution is -0.137. The van der Waals surface area contributed by atoms with Crippen LogP contribution in [0.2, 0.25) is 0 Å². The second-order valence-corrected chi connectivity index (χ2v) is 3.33. The zero-order valence-corrected chi connectivity index (χ0v) is 9.73. The van der Waals surface area contributed by atoms with E-state index in [0.29, 0.717) is 5.56 Å². The van der Waals surface area contributed by atoms with Gasteiger partial charge in [-0.05, 0) is 13.0 Å². The molecule has 0 radical (unpaired) electrons. The molecule has 5 heteroatoms. The third kappa shape index (κ3) is 3.29. The fourth-order valence-electron chi connectivity index (χ4n) is 1.30. The molecule has 0 saturated carbocycles. The van der Waals surface area contributed by atoms with Crippen molar-refractivity contribution in [2.45, 2.75) is 13.5 Å². The smallest absolute Gasteiger partial charge is 0.379 e. The molecule has 1 aromatic carbocycles. The fraction of sp³-hybridized carbons (Fsp3) is 0.333. The molecular weight excluding hydrogens is 224 g/mol. The highest BCUT2D eigenvalue weighted by Gasteiger charge is 2.18. The van der Waals surface area contributed by atoms with Gasteiger partial charge >= 0.3 is 5.97 Å². The summed E-state index contributed by atoms with van der Waals surface area (Å²) in [5.41, 5.74) is 0.647. The number of carbonyl (C=O) groups is 2. The van der Waals surface area contributed by atoms with Gasteiger partial charge in [0.1, 0.15) is 5.75 Å². The van der Waals surface area contributed by atoms with Crippen molar-refractivity contribution < 1.29 is 24.2 Å². The third-order valence-corrected chi connectivity index (χ3v) is 2.11. The van der Waals surface area contributed by atoms with E-state index >= 15 is 0 Å². The number of hydrogen-bond acceptors (Lipinski definition) is 5. The zero-order chi connectivity index (χ0) is 12.8. The van der Waals surface area contributed by atoms with E-state index in [1.54, 1.807) is 6.92 Å². The molecule has 0 fully saturated rings. The number of aromatic hydroxyl groups is 1. The molecule has 0 amide bonds. The summed E-state index contributed by atoms with van der Waals surface area (Å²) in [7, 11) is 1.50. The van der Waals surface area contributed by atoms with Crippen LogP contribution in [-0.2, 0) is 20.9 Å². The number of Topliss-reactive ketones (excluding diaryl/α,β-unsaturated/α-hetero) is 1. The minimum atomic E-state index is -0.925. The summed E-state index contributed by atoms with van der Waals surface area (Å²) >= 11 is 0. The molecule has 0 aliphatic carbocycles. The molecule has 0 heterocycles. The lowest BCUT2D eigenvalue weighted by Gasteiger charge is -2.05. The number of esters is 1. The van der Waals surface area contributed by atoms with Crippen molar-refractivity contribution in [3.8, 4) is 5.75 Å². The van der Waals surface area contributed by atoms with E-state index < -0.39 is 11.8 Å². The van der Waals surface area contributed by atoms with Crippen LogP contribution in [0.1, 0.15) is 22.8 Å². The first kappa shape index (κ1) is 13.2. The monoisotopic (exact) mass is 238 g/mol. The maximum Gasteiger partial charge on any atom is 0.379 e.